The van der Waals surface area contributed by atoms with E-state index in [2.05, 4.69) is 10.2 Å². The maximum Gasteiger partial charge on any atom is 0.416 e. The van der Waals surface area contributed by atoms with Crippen LogP contribution < -0.4 is 5.32 Å². The Labute approximate surface area is 162 Å². The van der Waals surface area contributed by atoms with E-state index >= 15 is 0 Å². The largest absolute Gasteiger partial charge is 0.416 e. The zero-order chi connectivity index (χ0) is 20.3. The lowest BCUT2D eigenvalue weighted by atomic mass is 10.0. The second-order valence-electron chi connectivity index (χ2n) is 7.32. The molecule has 2 fully saturated rings. The molecule has 0 radical (unpaired) electrons. The van der Waals surface area contributed by atoms with E-state index in [1.165, 1.54) is 12.1 Å². The number of rotatable bonds is 4. The smallest absolute Gasteiger partial charge is 0.353 e. The number of benzene rings is 1. The summed E-state index contributed by atoms with van der Waals surface area (Å²) in [4.78, 5) is 30.6. The number of hydrogen-bond acceptors (Lipinski definition) is 4. The molecule has 2 amide bonds. The molecule has 0 saturated carbocycles. The molecule has 0 bridgehead atoms. The number of hydrogen-bond donors (Lipinski definition) is 1. The molecule has 2 saturated heterocycles. The van der Waals surface area contributed by atoms with Gasteiger partial charge in [0.25, 0.3) is 0 Å². The van der Waals surface area contributed by atoms with E-state index in [0.29, 0.717) is 26.2 Å². The number of carbonyl (C=O) groups is 2. The third kappa shape index (κ3) is 4.82. The van der Waals surface area contributed by atoms with Crippen molar-refractivity contribution in [3.8, 4) is 0 Å². The summed E-state index contributed by atoms with van der Waals surface area (Å²) >= 11 is 0. The Bertz CT molecular complexity index is 717. The molecule has 9 heteroatoms. The fraction of sp³-hybridized carbons (Fsp3) is 0.579. The number of alkyl halides is 3. The predicted octanol–water partition coefficient (Wildman–Crippen LogP) is 1.17. The number of nitrogens with one attached hydrogen (secondary N) is 1. The Morgan fingerprint density at radius 1 is 1.14 bits per heavy atom. The molecule has 0 aromatic heterocycles. The van der Waals surface area contributed by atoms with E-state index in [4.69, 9.17) is 0 Å². The fourth-order valence-corrected chi connectivity index (χ4v) is 3.68. The topological polar surface area (TPSA) is 55.9 Å². The van der Waals surface area contributed by atoms with Crippen LogP contribution in [-0.4, -0.2) is 78.9 Å². The number of halogens is 3. The van der Waals surface area contributed by atoms with Gasteiger partial charge in [0.05, 0.1) is 18.0 Å². The lowest BCUT2D eigenvalue weighted by molar-refractivity contribution is -0.141. The van der Waals surface area contributed by atoms with Crippen LogP contribution in [0.3, 0.4) is 0 Å². The van der Waals surface area contributed by atoms with Crippen LogP contribution in [0.1, 0.15) is 17.5 Å². The first-order valence-corrected chi connectivity index (χ1v) is 9.39. The Balaban J connectivity index is 1.73. The standard InChI is InChI=1S/C19H25F3N4O2/c1-24-8-10-25(11-9-24)17(27)12-16-18(28)23-6-7-26(16)13-14-4-2-3-5-15(14)19(20,21)22/h2-5,16H,6-13H2,1H3,(H,23,28). The molecule has 154 valence electrons. The zero-order valence-corrected chi connectivity index (χ0v) is 15.8. The molecule has 1 N–H and O–H groups in total. The van der Waals surface area contributed by atoms with Gasteiger partial charge in [-0.15, -0.1) is 0 Å². The van der Waals surface area contributed by atoms with Crippen LogP contribution in [0, 0.1) is 0 Å². The van der Waals surface area contributed by atoms with Gasteiger partial charge in [-0.25, -0.2) is 0 Å². The molecular formula is C19H25F3N4O2. The minimum atomic E-state index is -4.46. The predicted molar refractivity (Wildman–Crippen MR) is 97.3 cm³/mol. The number of piperazine rings is 2. The maximum absolute atomic E-state index is 13.3. The van der Waals surface area contributed by atoms with E-state index < -0.39 is 17.8 Å². The average molecular weight is 398 g/mol. The van der Waals surface area contributed by atoms with Crippen LogP contribution in [0.4, 0.5) is 13.2 Å². The molecule has 6 nitrogen and oxygen atoms in total. The number of amides is 2. The molecule has 0 aliphatic carbocycles. The quantitative estimate of drug-likeness (QED) is 0.828. The van der Waals surface area contributed by atoms with Crippen molar-refractivity contribution in [2.24, 2.45) is 0 Å². The third-order valence-corrected chi connectivity index (χ3v) is 5.36. The molecule has 3 rings (SSSR count). The first-order valence-electron chi connectivity index (χ1n) is 9.39. The molecule has 28 heavy (non-hydrogen) atoms. The van der Waals surface area contributed by atoms with Gasteiger partial charge in [0.1, 0.15) is 0 Å². The number of carbonyl (C=O) groups excluding carboxylic acids is 2. The van der Waals surface area contributed by atoms with Gasteiger partial charge in [-0.3, -0.25) is 14.5 Å². The summed E-state index contributed by atoms with van der Waals surface area (Å²) in [6.07, 6.45) is -4.48. The van der Waals surface area contributed by atoms with Crippen LogP contribution >= 0.6 is 0 Å². The second kappa shape index (κ2) is 8.48. The molecule has 2 heterocycles. The summed E-state index contributed by atoms with van der Waals surface area (Å²) in [7, 11) is 1.98. The average Bonchev–Trinajstić information content (AvgIpc) is 2.64. The van der Waals surface area contributed by atoms with Crippen molar-refractivity contribution in [1.29, 1.82) is 0 Å². The second-order valence-corrected chi connectivity index (χ2v) is 7.32. The highest BCUT2D eigenvalue weighted by molar-refractivity contribution is 5.88. The van der Waals surface area contributed by atoms with Crippen molar-refractivity contribution >= 4 is 11.8 Å². The highest BCUT2D eigenvalue weighted by Gasteiger charge is 2.37. The van der Waals surface area contributed by atoms with Crippen molar-refractivity contribution in [3.05, 3.63) is 35.4 Å². The van der Waals surface area contributed by atoms with Crippen molar-refractivity contribution in [1.82, 2.24) is 20.0 Å². The van der Waals surface area contributed by atoms with E-state index in [1.54, 1.807) is 15.9 Å². The summed E-state index contributed by atoms with van der Waals surface area (Å²) in [5, 5.41) is 2.73. The number of likely N-dealkylation sites (N-methyl/N-ethyl adjacent to an activating group) is 1. The molecule has 2 aliphatic heterocycles. The van der Waals surface area contributed by atoms with E-state index in [1.807, 2.05) is 7.05 Å². The highest BCUT2D eigenvalue weighted by atomic mass is 19.4. The van der Waals surface area contributed by atoms with Gasteiger partial charge in [-0.05, 0) is 18.7 Å². The van der Waals surface area contributed by atoms with Crippen LogP contribution in [0.25, 0.3) is 0 Å². The minimum absolute atomic E-state index is 0.0240. The fourth-order valence-electron chi connectivity index (χ4n) is 3.68. The lowest BCUT2D eigenvalue weighted by Gasteiger charge is -2.37. The summed E-state index contributed by atoms with van der Waals surface area (Å²) in [6, 6.07) is 4.61. The van der Waals surface area contributed by atoms with E-state index in [-0.39, 0.29) is 30.3 Å². The molecule has 1 atom stereocenters. The van der Waals surface area contributed by atoms with Crippen molar-refractivity contribution < 1.29 is 22.8 Å². The maximum atomic E-state index is 13.3. The molecule has 1 unspecified atom stereocenters. The third-order valence-electron chi connectivity index (χ3n) is 5.36. The zero-order valence-electron chi connectivity index (χ0n) is 15.8. The first kappa shape index (κ1) is 20.6. The van der Waals surface area contributed by atoms with Crippen molar-refractivity contribution in [2.75, 3.05) is 46.3 Å². The number of nitrogens with zero attached hydrogens (tertiary/aromatic N) is 3. The Kier molecular flexibility index (Phi) is 6.24. The van der Waals surface area contributed by atoms with Crippen LogP contribution in [0.2, 0.25) is 0 Å². The van der Waals surface area contributed by atoms with Gasteiger partial charge < -0.3 is 15.1 Å². The SMILES string of the molecule is CN1CCN(C(=O)CC2C(=O)NCCN2Cc2ccccc2C(F)(F)F)CC1. The molecular weight excluding hydrogens is 373 g/mol. The Morgan fingerprint density at radius 3 is 2.50 bits per heavy atom. The van der Waals surface area contributed by atoms with Crippen molar-refractivity contribution in [3.63, 3.8) is 0 Å². The summed E-state index contributed by atoms with van der Waals surface area (Å²) in [5.74, 6) is -0.442. The normalized spacial score (nSPS) is 22.2. The van der Waals surface area contributed by atoms with Crippen LogP contribution in [0.5, 0.6) is 0 Å². The van der Waals surface area contributed by atoms with E-state index in [9.17, 15) is 22.8 Å². The van der Waals surface area contributed by atoms with Gasteiger partial charge in [-0.1, -0.05) is 18.2 Å². The van der Waals surface area contributed by atoms with Gasteiger partial charge in [0.15, 0.2) is 0 Å². The van der Waals surface area contributed by atoms with Gasteiger partial charge in [0.2, 0.25) is 11.8 Å². The molecule has 1 aromatic carbocycles. The lowest BCUT2D eigenvalue weighted by Crippen LogP contribution is -2.57. The van der Waals surface area contributed by atoms with Crippen LogP contribution in [0.15, 0.2) is 24.3 Å². The Morgan fingerprint density at radius 2 is 1.82 bits per heavy atom. The summed E-state index contributed by atoms with van der Waals surface area (Å²) < 4.78 is 39.9. The van der Waals surface area contributed by atoms with Gasteiger partial charge >= 0.3 is 6.18 Å². The van der Waals surface area contributed by atoms with Crippen LogP contribution in [-0.2, 0) is 22.3 Å². The Hall–Kier alpha value is -2.13. The van der Waals surface area contributed by atoms with Gasteiger partial charge in [0, 0.05) is 45.8 Å². The summed E-state index contributed by atoms with van der Waals surface area (Å²) in [6.45, 7) is 3.46. The minimum Gasteiger partial charge on any atom is -0.353 e. The van der Waals surface area contributed by atoms with E-state index in [0.717, 1.165) is 19.2 Å². The highest BCUT2D eigenvalue weighted by Crippen LogP contribution is 2.32. The first-order chi connectivity index (χ1) is 13.3. The molecule has 2 aliphatic rings. The van der Waals surface area contributed by atoms with Gasteiger partial charge in [-0.2, -0.15) is 13.2 Å². The summed E-state index contributed by atoms with van der Waals surface area (Å²) in [5.41, 5.74) is -0.591. The monoisotopic (exact) mass is 398 g/mol. The van der Waals surface area contributed by atoms with Crippen molar-refractivity contribution in [2.45, 2.75) is 25.2 Å². The molecule has 0 spiro atoms. The molecule has 1 aromatic rings.